The highest BCUT2D eigenvalue weighted by Crippen LogP contribution is 2.30. The van der Waals surface area contributed by atoms with E-state index in [4.69, 9.17) is 4.74 Å². The highest BCUT2D eigenvalue weighted by atomic mass is 19.1. The topological polar surface area (TPSA) is 9.23 Å². The van der Waals surface area contributed by atoms with Gasteiger partial charge in [0.15, 0.2) is 0 Å². The Bertz CT molecular complexity index is 726. The van der Waals surface area contributed by atoms with E-state index >= 15 is 0 Å². The molecule has 0 unspecified atom stereocenters. The lowest BCUT2D eigenvalue weighted by molar-refractivity contribution is 0.140. The van der Waals surface area contributed by atoms with Crippen LogP contribution in [0.2, 0.25) is 0 Å². The Labute approximate surface area is 143 Å². The normalized spacial score (nSPS) is 15.2. The maximum absolute atomic E-state index is 13.1. The summed E-state index contributed by atoms with van der Waals surface area (Å²) in [6.07, 6.45) is 5.24. The zero-order valence-corrected chi connectivity index (χ0v) is 14.1. The van der Waals surface area contributed by atoms with Gasteiger partial charge in [0.1, 0.15) is 5.82 Å². The van der Waals surface area contributed by atoms with Gasteiger partial charge in [0.25, 0.3) is 0 Å². The summed E-state index contributed by atoms with van der Waals surface area (Å²) >= 11 is 0. The molecule has 1 nitrogen and oxygen atoms in total. The van der Waals surface area contributed by atoms with Crippen LogP contribution in [-0.2, 0) is 11.3 Å². The van der Waals surface area contributed by atoms with Crippen molar-refractivity contribution in [1.82, 2.24) is 0 Å². The van der Waals surface area contributed by atoms with Crippen LogP contribution in [0.15, 0.2) is 71.8 Å². The van der Waals surface area contributed by atoms with Crippen molar-refractivity contribution < 1.29 is 9.13 Å². The van der Waals surface area contributed by atoms with Crippen molar-refractivity contribution in [2.45, 2.75) is 32.8 Å². The first-order valence-electron chi connectivity index (χ1n) is 8.46. The molecule has 2 aromatic rings. The molecule has 2 heteroatoms. The number of ether oxygens (including phenoxy) is 1. The van der Waals surface area contributed by atoms with E-state index in [0.717, 1.165) is 24.8 Å². The molecule has 124 valence electrons. The standard InChI is InChI=1S/C22H23FO/c1-17-7-8-19(16-24-15-18-5-3-2-4-6-18)9-14-22(17)20-10-12-21(23)13-11-20/h2-6,9-13H,7-8,14-16H2,1H3. The van der Waals surface area contributed by atoms with Crippen LogP contribution < -0.4 is 0 Å². The van der Waals surface area contributed by atoms with Crippen molar-refractivity contribution in [1.29, 1.82) is 0 Å². The Hall–Kier alpha value is -2.19. The third kappa shape index (κ3) is 4.42. The van der Waals surface area contributed by atoms with Gasteiger partial charge in [0.2, 0.25) is 0 Å². The summed E-state index contributed by atoms with van der Waals surface area (Å²) in [6.45, 7) is 3.51. The number of halogens is 1. The summed E-state index contributed by atoms with van der Waals surface area (Å²) in [5.74, 6) is -0.184. The molecule has 0 aliphatic heterocycles. The number of rotatable bonds is 5. The van der Waals surface area contributed by atoms with E-state index in [1.54, 1.807) is 0 Å². The van der Waals surface area contributed by atoms with E-state index < -0.39 is 0 Å². The van der Waals surface area contributed by atoms with Gasteiger partial charge in [0.05, 0.1) is 13.2 Å². The van der Waals surface area contributed by atoms with E-state index in [0.29, 0.717) is 13.2 Å². The van der Waals surface area contributed by atoms with Crippen LogP contribution in [0.1, 0.15) is 37.3 Å². The quantitative estimate of drug-likeness (QED) is 0.620. The van der Waals surface area contributed by atoms with E-state index in [2.05, 4.69) is 25.1 Å². The molecule has 2 aromatic carbocycles. The zero-order chi connectivity index (χ0) is 16.8. The first kappa shape index (κ1) is 16.7. The largest absolute Gasteiger partial charge is 0.372 e. The minimum absolute atomic E-state index is 0.184. The van der Waals surface area contributed by atoms with Gasteiger partial charge < -0.3 is 4.74 Å². The third-order valence-corrected chi connectivity index (χ3v) is 4.52. The molecule has 0 saturated carbocycles. The van der Waals surface area contributed by atoms with Crippen molar-refractivity contribution in [3.63, 3.8) is 0 Å². The summed E-state index contributed by atoms with van der Waals surface area (Å²) < 4.78 is 19.0. The van der Waals surface area contributed by atoms with Gasteiger partial charge in [-0.25, -0.2) is 4.39 Å². The maximum atomic E-state index is 13.1. The van der Waals surface area contributed by atoms with Gasteiger partial charge in [-0.1, -0.05) is 54.1 Å². The van der Waals surface area contributed by atoms with E-state index in [1.165, 1.54) is 34.4 Å². The van der Waals surface area contributed by atoms with E-state index in [1.807, 2.05) is 30.3 Å². The fourth-order valence-electron chi connectivity index (χ4n) is 3.04. The predicted octanol–water partition coefficient (Wildman–Crippen LogP) is 5.93. The molecule has 0 spiro atoms. The molecule has 0 amide bonds. The molecule has 0 N–H and O–H groups in total. The minimum Gasteiger partial charge on any atom is -0.372 e. The van der Waals surface area contributed by atoms with Gasteiger partial charge in [0, 0.05) is 0 Å². The van der Waals surface area contributed by atoms with Crippen molar-refractivity contribution in [3.8, 4) is 0 Å². The second-order valence-electron chi connectivity index (χ2n) is 6.31. The Kier molecular flexibility index (Phi) is 5.60. The Morgan fingerprint density at radius 3 is 2.42 bits per heavy atom. The predicted molar refractivity (Wildman–Crippen MR) is 97.0 cm³/mol. The Balaban J connectivity index is 1.60. The van der Waals surface area contributed by atoms with Crippen LogP contribution in [0.4, 0.5) is 4.39 Å². The van der Waals surface area contributed by atoms with Crippen LogP contribution in [0, 0.1) is 5.82 Å². The van der Waals surface area contributed by atoms with Crippen molar-refractivity contribution in [2.75, 3.05) is 6.61 Å². The number of hydrogen-bond donors (Lipinski definition) is 0. The summed E-state index contributed by atoms with van der Waals surface area (Å²) in [5, 5.41) is 0. The first-order chi connectivity index (χ1) is 11.7. The monoisotopic (exact) mass is 322 g/mol. The van der Waals surface area contributed by atoms with Crippen LogP contribution in [0.25, 0.3) is 5.57 Å². The van der Waals surface area contributed by atoms with Crippen LogP contribution in [-0.4, -0.2) is 6.61 Å². The average molecular weight is 322 g/mol. The zero-order valence-electron chi connectivity index (χ0n) is 14.1. The lowest BCUT2D eigenvalue weighted by Gasteiger charge is -2.08. The molecule has 0 heterocycles. The molecule has 0 saturated heterocycles. The van der Waals surface area contributed by atoms with Gasteiger partial charge in [-0.15, -0.1) is 0 Å². The fraction of sp³-hybridized carbons (Fsp3) is 0.273. The molecule has 1 aliphatic rings. The molecular weight excluding hydrogens is 299 g/mol. The van der Waals surface area contributed by atoms with Gasteiger partial charge in [-0.05, 0) is 60.6 Å². The summed E-state index contributed by atoms with van der Waals surface area (Å²) in [4.78, 5) is 0. The van der Waals surface area contributed by atoms with Crippen molar-refractivity contribution in [2.24, 2.45) is 0 Å². The van der Waals surface area contributed by atoms with Gasteiger partial charge >= 0.3 is 0 Å². The highest BCUT2D eigenvalue weighted by molar-refractivity contribution is 5.70. The molecule has 0 radical (unpaired) electrons. The fourth-order valence-corrected chi connectivity index (χ4v) is 3.04. The lowest BCUT2D eigenvalue weighted by Crippen LogP contribution is -1.99. The maximum Gasteiger partial charge on any atom is 0.123 e. The number of hydrogen-bond acceptors (Lipinski definition) is 1. The molecule has 0 aromatic heterocycles. The lowest BCUT2D eigenvalue weighted by atomic mass is 9.97. The molecule has 0 fully saturated rings. The molecule has 3 rings (SSSR count). The number of benzene rings is 2. The third-order valence-electron chi connectivity index (χ3n) is 4.52. The second-order valence-corrected chi connectivity index (χ2v) is 6.31. The SMILES string of the molecule is CC1=C(c2ccc(F)cc2)CC=C(COCc2ccccc2)CC1. The smallest absolute Gasteiger partial charge is 0.123 e. The molecule has 24 heavy (non-hydrogen) atoms. The average Bonchev–Trinajstić information content (AvgIpc) is 2.79. The second kappa shape index (κ2) is 8.07. The first-order valence-corrected chi connectivity index (χ1v) is 8.46. The Morgan fingerprint density at radius 2 is 1.67 bits per heavy atom. The van der Waals surface area contributed by atoms with Crippen molar-refractivity contribution >= 4 is 5.57 Å². The molecule has 0 bridgehead atoms. The van der Waals surface area contributed by atoms with Crippen LogP contribution >= 0.6 is 0 Å². The van der Waals surface area contributed by atoms with Gasteiger partial charge in [-0.3, -0.25) is 0 Å². The van der Waals surface area contributed by atoms with E-state index in [9.17, 15) is 4.39 Å². The van der Waals surface area contributed by atoms with Crippen LogP contribution in [0.5, 0.6) is 0 Å². The van der Waals surface area contributed by atoms with Crippen molar-refractivity contribution in [3.05, 3.63) is 88.8 Å². The molecule has 1 aliphatic carbocycles. The van der Waals surface area contributed by atoms with E-state index in [-0.39, 0.29) is 5.82 Å². The summed E-state index contributed by atoms with van der Waals surface area (Å²) in [7, 11) is 0. The summed E-state index contributed by atoms with van der Waals surface area (Å²) in [6, 6.07) is 17.1. The summed E-state index contributed by atoms with van der Waals surface area (Å²) in [5.41, 5.74) is 6.37. The molecule has 0 atom stereocenters. The Morgan fingerprint density at radius 1 is 0.917 bits per heavy atom. The minimum atomic E-state index is -0.184. The van der Waals surface area contributed by atoms with Crippen LogP contribution in [0.3, 0.4) is 0 Å². The highest BCUT2D eigenvalue weighted by Gasteiger charge is 2.11. The van der Waals surface area contributed by atoms with Gasteiger partial charge in [-0.2, -0.15) is 0 Å². The number of allylic oxidation sites excluding steroid dienone is 3. The molecular formula is C22H23FO.